The lowest BCUT2D eigenvalue weighted by molar-refractivity contribution is -0.135. The molecule has 6 heteroatoms. The minimum atomic E-state index is -0.425. The van der Waals surface area contributed by atoms with E-state index in [4.69, 9.17) is 9.72 Å². The number of halogens is 1. The second-order valence-corrected chi connectivity index (χ2v) is 8.17. The first-order chi connectivity index (χ1) is 13.9. The molecule has 2 aromatic rings. The van der Waals surface area contributed by atoms with Gasteiger partial charge in [-0.1, -0.05) is 0 Å². The van der Waals surface area contributed by atoms with Gasteiger partial charge in [0.05, 0.1) is 18.3 Å². The van der Waals surface area contributed by atoms with Crippen LogP contribution in [0.4, 0.5) is 4.39 Å². The molecule has 154 valence electrons. The van der Waals surface area contributed by atoms with E-state index in [1.807, 2.05) is 45.0 Å². The SMILES string of the molecule is CCOc1ccc(F)c(-c2cc(C)nc([C@@H]3CC[C@]4(CCN(C)C4=O)N3C)c2)c1. The van der Waals surface area contributed by atoms with Gasteiger partial charge >= 0.3 is 0 Å². The van der Waals surface area contributed by atoms with Crippen LogP contribution < -0.4 is 4.74 Å². The number of hydrogen-bond donors (Lipinski definition) is 0. The molecule has 1 aromatic carbocycles. The molecule has 1 amide bonds. The number of hydrogen-bond acceptors (Lipinski definition) is 4. The number of likely N-dealkylation sites (N-methyl/N-ethyl adjacent to an activating group) is 2. The molecule has 5 nitrogen and oxygen atoms in total. The van der Waals surface area contributed by atoms with Gasteiger partial charge in [-0.15, -0.1) is 0 Å². The lowest BCUT2D eigenvalue weighted by Gasteiger charge is -2.33. The highest BCUT2D eigenvalue weighted by Crippen LogP contribution is 2.46. The average Bonchev–Trinajstić information content (AvgIpc) is 3.18. The van der Waals surface area contributed by atoms with Crippen LogP contribution in [0.5, 0.6) is 5.75 Å². The minimum absolute atomic E-state index is 0.0437. The number of likely N-dealkylation sites (tertiary alicyclic amines) is 2. The summed E-state index contributed by atoms with van der Waals surface area (Å²) in [6.07, 6.45) is 2.54. The van der Waals surface area contributed by atoms with Gasteiger partial charge in [-0.05, 0) is 76.1 Å². The Kier molecular flexibility index (Phi) is 5.07. The lowest BCUT2D eigenvalue weighted by Crippen LogP contribution is -2.48. The third kappa shape index (κ3) is 3.29. The van der Waals surface area contributed by atoms with Crippen LogP contribution in [0.1, 0.15) is 43.6 Å². The van der Waals surface area contributed by atoms with Crippen LogP contribution in [0, 0.1) is 12.7 Å². The maximum absolute atomic E-state index is 14.6. The van der Waals surface area contributed by atoms with Crippen LogP contribution in [0.25, 0.3) is 11.1 Å². The smallest absolute Gasteiger partial charge is 0.242 e. The molecular formula is C23H28FN3O2. The Morgan fingerprint density at radius 3 is 2.72 bits per heavy atom. The zero-order valence-corrected chi connectivity index (χ0v) is 17.5. The Balaban J connectivity index is 1.70. The van der Waals surface area contributed by atoms with Gasteiger partial charge < -0.3 is 9.64 Å². The summed E-state index contributed by atoms with van der Waals surface area (Å²) in [5.74, 6) is 0.566. The molecule has 0 unspecified atom stereocenters. The summed E-state index contributed by atoms with van der Waals surface area (Å²) in [6.45, 7) is 5.16. The summed E-state index contributed by atoms with van der Waals surface area (Å²) in [5.41, 5.74) is 2.60. The highest BCUT2D eigenvalue weighted by Gasteiger charge is 2.54. The molecule has 2 aliphatic heterocycles. The Morgan fingerprint density at radius 1 is 1.24 bits per heavy atom. The van der Waals surface area contributed by atoms with Crippen molar-refractivity contribution in [1.82, 2.24) is 14.8 Å². The molecule has 2 fully saturated rings. The number of aromatic nitrogens is 1. The molecule has 3 heterocycles. The van der Waals surface area contributed by atoms with E-state index < -0.39 is 5.54 Å². The van der Waals surface area contributed by atoms with Crippen LogP contribution in [-0.4, -0.2) is 53.5 Å². The highest BCUT2D eigenvalue weighted by atomic mass is 19.1. The summed E-state index contributed by atoms with van der Waals surface area (Å²) in [6, 6.07) is 8.74. The molecule has 0 aliphatic carbocycles. The van der Waals surface area contributed by atoms with Crippen molar-refractivity contribution in [2.75, 3.05) is 27.2 Å². The fourth-order valence-corrected chi connectivity index (χ4v) is 4.87. The van der Waals surface area contributed by atoms with Crippen LogP contribution >= 0.6 is 0 Å². The zero-order chi connectivity index (χ0) is 20.8. The Hall–Kier alpha value is -2.47. The number of nitrogens with zero attached hydrogens (tertiary/aromatic N) is 3. The maximum Gasteiger partial charge on any atom is 0.242 e. The fourth-order valence-electron chi connectivity index (χ4n) is 4.87. The van der Waals surface area contributed by atoms with Crippen LogP contribution in [0.2, 0.25) is 0 Å². The molecule has 0 bridgehead atoms. The Bertz CT molecular complexity index is 948. The van der Waals surface area contributed by atoms with Crippen LogP contribution in [0.3, 0.4) is 0 Å². The predicted molar refractivity (Wildman–Crippen MR) is 110 cm³/mol. The fraction of sp³-hybridized carbons (Fsp3) is 0.478. The second-order valence-electron chi connectivity index (χ2n) is 8.17. The third-order valence-electron chi connectivity index (χ3n) is 6.45. The first-order valence-corrected chi connectivity index (χ1v) is 10.3. The molecule has 1 aromatic heterocycles. The standard InChI is InChI=1S/C23H28FN3O2/c1-5-29-17-6-7-19(24)18(14-17)16-12-15(2)25-20(13-16)21-8-9-23(27(21)4)10-11-26(3)22(23)28/h6-7,12-14,21H,5,8-11H2,1-4H3/t21-,23+/m0/s1. The van der Waals surface area contributed by atoms with Gasteiger partial charge in [0.15, 0.2) is 0 Å². The average molecular weight is 397 g/mol. The number of carbonyl (C=O) groups excluding carboxylic acids is 1. The summed E-state index contributed by atoms with van der Waals surface area (Å²) >= 11 is 0. The van der Waals surface area contributed by atoms with E-state index in [1.165, 1.54) is 6.07 Å². The van der Waals surface area contributed by atoms with Crippen molar-refractivity contribution in [2.24, 2.45) is 0 Å². The molecule has 2 saturated heterocycles. The molecule has 4 rings (SSSR count). The number of amides is 1. The topological polar surface area (TPSA) is 45.7 Å². The monoisotopic (exact) mass is 397 g/mol. The Morgan fingerprint density at radius 2 is 2.03 bits per heavy atom. The number of ether oxygens (including phenoxy) is 1. The first kappa shape index (κ1) is 19.8. The summed E-state index contributed by atoms with van der Waals surface area (Å²) in [7, 11) is 3.89. The lowest BCUT2D eigenvalue weighted by atomic mass is 9.95. The van der Waals surface area contributed by atoms with Crippen molar-refractivity contribution in [1.29, 1.82) is 0 Å². The summed E-state index contributed by atoms with van der Waals surface area (Å²) in [4.78, 5) is 21.6. The number of benzene rings is 1. The molecule has 0 radical (unpaired) electrons. The van der Waals surface area contributed by atoms with Crippen molar-refractivity contribution >= 4 is 5.91 Å². The van der Waals surface area contributed by atoms with Crippen LogP contribution in [0.15, 0.2) is 30.3 Å². The quantitative estimate of drug-likeness (QED) is 0.783. The second kappa shape index (κ2) is 7.41. The molecule has 1 spiro atoms. The van der Waals surface area contributed by atoms with Gasteiger partial charge in [-0.2, -0.15) is 0 Å². The number of aryl methyl sites for hydroxylation is 1. The largest absolute Gasteiger partial charge is 0.494 e. The van der Waals surface area contributed by atoms with Crippen molar-refractivity contribution in [2.45, 2.75) is 44.7 Å². The number of carbonyl (C=O) groups is 1. The molecule has 0 saturated carbocycles. The van der Waals surface area contributed by atoms with Gasteiger partial charge in [-0.25, -0.2) is 4.39 Å². The van der Waals surface area contributed by atoms with Gasteiger partial charge in [-0.3, -0.25) is 14.7 Å². The van der Waals surface area contributed by atoms with E-state index in [0.717, 1.165) is 42.8 Å². The van der Waals surface area contributed by atoms with Gasteiger partial charge in [0.1, 0.15) is 17.1 Å². The summed E-state index contributed by atoms with van der Waals surface area (Å²) in [5, 5.41) is 0. The van der Waals surface area contributed by atoms with Crippen molar-refractivity contribution in [3.05, 3.63) is 47.5 Å². The third-order valence-corrected chi connectivity index (χ3v) is 6.45. The van der Waals surface area contributed by atoms with E-state index in [-0.39, 0.29) is 17.8 Å². The van der Waals surface area contributed by atoms with Crippen molar-refractivity contribution in [3.63, 3.8) is 0 Å². The number of pyridine rings is 1. The van der Waals surface area contributed by atoms with Gasteiger partial charge in [0.25, 0.3) is 0 Å². The summed E-state index contributed by atoms with van der Waals surface area (Å²) < 4.78 is 20.2. The van der Waals surface area contributed by atoms with Crippen molar-refractivity contribution < 1.29 is 13.9 Å². The highest BCUT2D eigenvalue weighted by molar-refractivity contribution is 5.88. The predicted octanol–water partition coefficient (Wildman–Crippen LogP) is 3.96. The molecule has 2 aliphatic rings. The van der Waals surface area contributed by atoms with Gasteiger partial charge in [0, 0.05) is 24.8 Å². The number of rotatable bonds is 4. The van der Waals surface area contributed by atoms with E-state index in [0.29, 0.717) is 17.9 Å². The Labute approximate surface area is 171 Å². The minimum Gasteiger partial charge on any atom is -0.494 e. The van der Waals surface area contributed by atoms with Crippen LogP contribution in [-0.2, 0) is 4.79 Å². The van der Waals surface area contributed by atoms with Crippen molar-refractivity contribution in [3.8, 4) is 16.9 Å². The molecule has 29 heavy (non-hydrogen) atoms. The molecule has 0 N–H and O–H groups in total. The van der Waals surface area contributed by atoms with E-state index in [2.05, 4.69) is 4.90 Å². The van der Waals surface area contributed by atoms with Gasteiger partial charge in [0.2, 0.25) is 5.91 Å². The maximum atomic E-state index is 14.6. The van der Waals surface area contributed by atoms with E-state index >= 15 is 0 Å². The zero-order valence-electron chi connectivity index (χ0n) is 17.5. The van der Waals surface area contributed by atoms with E-state index in [9.17, 15) is 9.18 Å². The first-order valence-electron chi connectivity index (χ1n) is 10.3. The normalized spacial score (nSPS) is 24.7. The molecular weight excluding hydrogens is 369 g/mol. The molecule has 2 atom stereocenters. The van der Waals surface area contributed by atoms with E-state index in [1.54, 1.807) is 12.1 Å².